The van der Waals surface area contributed by atoms with Gasteiger partial charge >= 0.3 is 0 Å². The van der Waals surface area contributed by atoms with Crippen molar-refractivity contribution in [3.8, 4) is 0 Å². The van der Waals surface area contributed by atoms with Crippen LogP contribution < -0.4 is 5.32 Å². The van der Waals surface area contributed by atoms with Gasteiger partial charge in [-0.25, -0.2) is 4.39 Å². The smallest absolute Gasteiger partial charge is 0.197 e. The quantitative estimate of drug-likeness (QED) is 0.205. The lowest BCUT2D eigenvalue weighted by atomic mass is 9.92. The summed E-state index contributed by atoms with van der Waals surface area (Å²) < 4.78 is 30.0. The maximum atomic E-state index is 13.1. The van der Waals surface area contributed by atoms with Crippen LogP contribution in [0.4, 0.5) is 4.39 Å². The van der Waals surface area contributed by atoms with Crippen LogP contribution in [0.25, 0.3) is 0 Å². The monoisotopic (exact) mass is 463 g/mol. The largest absolute Gasteiger partial charge is 0.394 e. The molecule has 0 radical (unpaired) electrons. The fraction of sp³-hybridized carbons (Fsp3) is 0.700. The molecule has 0 unspecified atom stereocenters. The van der Waals surface area contributed by atoms with E-state index >= 15 is 0 Å². The molecule has 2 saturated heterocycles. The second-order valence-corrected chi connectivity index (χ2v) is 8.14. The molecule has 10 atom stereocenters. The molecular weight excluding hydrogens is 433 g/mol. The average molecular weight is 463 g/mol. The van der Waals surface area contributed by atoms with E-state index in [1.807, 2.05) is 0 Å². The predicted molar refractivity (Wildman–Crippen MR) is 104 cm³/mol. The van der Waals surface area contributed by atoms with Gasteiger partial charge in [0.15, 0.2) is 12.1 Å². The van der Waals surface area contributed by atoms with Crippen molar-refractivity contribution in [1.29, 1.82) is 0 Å². The molecule has 0 saturated carbocycles. The van der Waals surface area contributed by atoms with Crippen LogP contribution in [0.2, 0.25) is 0 Å². The Bertz CT molecular complexity index is 740. The topological polar surface area (TPSA) is 181 Å². The second kappa shape index (κ2) is 10.3. The molecule has 8 N–H and O–H groups in total. The Hall–Kier alpha value is -1.29. The Morgan fingerprint density at radius 3 is 2.12 bits per heavy atom. The zero-order valence-corrected chi connectivity index (χ0v) is 17.4. The van der Waals surface area contributed by atoms with Crippen LogP contribution in [-0.2, 0) is 20.8 Å². The SMILES string of the molecule is C[C@]1(O[C@H]2O[C@H](CO)[C@@H](O)[C@H](O)[C@H]2NCc2ccc(F)cc2)O[C@H](CO)[C@@H](O)[C@H](O)[C@H]1O. The first kappa shape index (κ1) is 25.3. The number of rotatable bonds is 7. The lowest BCUT2D eigenvalue weighted by Gasteiger charge is -2.50. The van der Waals surface area contributed by atoms with Gasteiger partial charge in [0.1, 0.15) is 48.5 Å². The van der Waals surface area contributed by atoms with Gasteiger partial charge in [-0.05, 0) is 24.6 Å². The molecule has 2 heterocycles. The van der Waals surface area contributed by atoms with E-state index in [4.69, 9.17) is 14.2 Å². The number of benzene rings is 1. The lowest BCUT2D eigenvalue weighted by Crippen LogP contribution is -2.69. The van der Waals surface area contributed by atoms with Gasteiger partial charge in [0.25, 0.3) is 0 Å². The summed E-state index contributed by atoms with van der Waals surface area (Å²) in [4.78, 5) is 0. The highest BCUT2D eigenvalue weighted by atomic mass is 19.1. The van der Waals surface area contributed by atoms with E-state index in [1.54, 1.807) is 0 Å². The van der Waals surface area contributed by atoms with Crippen molar-refractivity contribution in [3.63, 3.8) is 0 Å². The Balaban J connectivity index is 1.81. The van der Waals surface area contributed by atoms with Crippen molar-refractivity contribution in [2.24, 2.45) is 0 Å². The Labute approximate surface area is 183 Å². The third-order valence-electron chi connectivity index (χ3n) is 5.84. The fourth-order valence-electron chi connectivity index (χ4n) is 3.87. The van der Waals surface area contributed by atoms with E-state index in [-0.39, 0.29) is 6.54 Å². The van der Waals surface area contributed by atoms with Crippen molar-refractivity contribution in [3.05, 3.63) is 35.6 Å². The molecule has 0 bridgehead atoms. The zero-order valence-electron chi connectivity index (χ0n) is 17.4. The summed E-state index contributed by atoms with van der Waals surface area (Å²) in [5, 5.41) is 73.3. The van der Waals surface area contributed by atoms with Crippen molar-refractivity contribution >= 4 is 0 Å². The predicted octanol–water partition coefficient (Wildman–Crippen LogP) is -3.07. The van der Waals surface area contributed by atoms with Gasteiger partial charge in [-0.2, -0.15) is 0 Å². The maximum absolute atomic E-state index is 13.1. The molecule has 32 heavy (non-hydrogen) atoms. The van der Waals surface area contributed by atoms with E-state index < -0.39 is 79.9 Å². The Morgan fingerprint density at radius 2 is 1.53 bits per heavy atom. The van der Waals surface area contributed by atoms with Crippen LogP contribution in [0.15, 0.2) is 24.3 Å². The minimum atomic E-state index is -1.99. The van der Waals surface area contributed by atoms with Crippen molar-refractivity contribution < 1.29 is 54.3 Å². The van der Waals surface area contributed by atoms with Gasteiger partial charge in [0.05, 0.1) is 19.3 Å². The highest BCUT2D eigenvalue weighted by molar-refractivity contribution is 5.16. The first-order valence-electron chi connectivity index (χ1n) is 10.2. The third-order valence-corrected chi connectivity index (χ3v) is 5.84. The van der Waals surface area contributed by atoms with Gasteiger partial charge in [0.2, 0.25) is 0 Å². The number of aliphatic hydroxyl groups is 7. The summed E-state index contributed by atoms with van der Waals surface area (Å²) in [6.07, 6.45) is -11.9. The minimum Gasteiger partial charge on any atom is -0.394 e. The molecule has 2 fully saturated rings. The molecule has 0 amide bonds. The van der Waals surface area contributed by atoms with E-state index in [1.165, 1.54) is 31.2 Å². The Morgan fingerprint density at radius 1 is 0.938 bits per heavy atom. The lowest BCUT2D eigenvalue weighted by molar-refractivity contribution is -0.407. The second-order valence-electron chi connectivity index (χ2n) is 8.14. The zero-order chi connectivity index (χ0) is 23.6. The van der Waals surface area contributed by atoms with Gasteiger partial charge in [-0.15, -0.1) is 0 Å². The number of ether oxygens (including phenoxy) is 3. The first-order valence-corrected chi connectivity index (χ1v) is 10.2. The molecular formula is C20H30FNO10. The summed E-state index contributed by atoms with van der Waals surface area (Å²) in [7, 11) is 0. The van der Waals surface area contributed by atoms with Crippen molar-refractivity contribution in [1.82, 2.24) is 5.32 Å². The first-order chi connectivity index (χ1) is 15.1. The summed E-state index contributed by atoms with van der Waals surface area (Å²) in [6.45, 7) is 0.0371. The van der Waals surface area contributed by atoms with Gasteiger partial charge in [-0.1, -0.05) is 12.1 Å². The summed E-state index contributed by atoms with van der Waals surface area (Å²) >= 11 is 0. The standard InChI is InChI=1S/C20H30FNO10/c1-20(18(29)17(28)15(26)12(8-24)31-20)32-19-13(16(27)14(25)11(7-23)30-19)22-6-9-2-4-10(21)5-3-9/h2-5,11-19,22-29H,6-8H2,1H3/t11-,12-,13-,14-,15-,16-,17+,18-,19-,20-/m1/s1. The van der Waals surface area contributed by atoms with Crippen LogP contribution in [0.1, 0.15) is 12.5 Å². The van der Waals surface area contributed by atoms with Crippen LogP contribution in [0.3, 0.4) is 0 Å². The van der Waals surface area contributed by atoms with Crippen LogP contribution >= 0.6 is 0 Å². The van der Waals surface area contributed by atoms with E-state index in [0.29, 0.717) is 5.56 Å². The molecule has 0 spiro atoms. The molecule has 11 nitrogen and oxygen atoms in total. The number of halogens is 1. The maximum Gasteiger partial charge on any atom is 0.197 e. The summed E-state index contributed by atoms with van der Waals surface area (Å²) in [5.41, 5.74) is 0.648. The molecule has 1 aromatic rings. The number of nitrogens with one attached hydrogen (secondary N) is 1. The molecule has 1 aromatic carbocycles. The van der Waals surface area contributed by atoms with Crippen LogP contribution in [0.5, 0.6) is 0 Å². The molecule has 0 aliphatic carbocycles. The molecule has 2 aliphatic rings. The molecule has 12 heteroatoms. The minimum absolute atomic E-state index is 0.114. The summed E-state index contributed by atoms with van der Waals surface area (Å²) in [6, 6.07) is 4.43. The Kier molecular flexibility index (Phi) is 8.17. The number of aliphatic hydroxyl groups excluding tert-OH is 7. The molecule has 0 aromatic heterocycles. The van der Waals surface area contributed by atoms with Crippen molar-refractivity contribution in [2.45, 2.75) is 74.3 Å². The molecule has 3 rings (SSSR count). The van der Waals surface area contributed by atoms with E-state index in [2.05, 4.69) is 5.32 Å². The van der Waals surface area contributed by atoms with E-state index in [0.717, 1.165) is 0 Å². The average Bonchev–Trinajstić information content (AvgIpc) is 2.78. The highest BCUT2D eigenvalue weighted by Gasteiger charge is 2.55. The normalized spacial score (nSPS) is 42.7. The van der Waals surface area contributed by atoms with Gasteiger partial charge in [0, 0.05) is 6.54 Å². The van der Waals surface area contributed by atoms with Crippen LogP contribution in [-0.4, -0.2) is 110 Å². The molecule has 182 valence electrons. The van der Waals surface area contributed by atoms with Gasteiger partial charge in [-0.3, -0.25) is 0 Å². The fourth-order valence-corrected chi connectivity index (χ4v) is 3.87. The molecule has 2 aliphatic heterocycles. The van der Waals surface area contributed by atoms with E-state index in [9.17, 15) is 40.1 Å². The van der Waals surface area contributed by atoms with Gasteiger partial charge < -0.3 is 55.3 Å². The highest BCUT2D eigenvalue weighted by Crippen LogP contribution is 2.34. The third kappa shape index (κ3) is 5.11. The number of hydrogen-bond acceptors (Lipinski definition) is 11. The number of hydrogen-bond donors (Lipinski definition) is 8. The van der Waals surface area contributed by atoms with Crippen molar-refractivity contribution in [2.75, 3.05) is 13.2 Å². The van der Waals surface area contributed by atoms with Crippen LogP contribution in [0, 0.1) is 5.82 Å². The summed E-state index contributed by atoms with van der Waals surface area (Å²) in [5.74, 6) is -2.41.